The first-order valence-electron chi connectivity index (χ1n) is 9.05. The molecule has 1 atom stereocenters. The number of likely N-dealkylation sites (tertiary alicyclic amines) is 1. The van der Waals surface area contributed by atoms with Gasteiger partial charge in [-0.1, -0.05) is 19.1 Å². The van der Waals surface area contributed by atoms with Crippen LogP contribution in [0.15, 0.2) is 45.9 Å². The largest absolute Gasteiger partial charge is 0.470 e. The SMILES string of the molecule is CCc1ncnc(OC2CCN(C(=O)c3cc(=O)c4ccccc4o3)C2)c1F. The van der Waals surface area contributed by atoms with Crippen LogP contribution in [-0.2, 0) is 6.42 Å². The molecule has 1 amide bonds. The van der Waals surface area contributed by atoms with Crippen LogP contribution in [0.3, 0.4) is 0 Å². The van der Waals surface area contributed by atoms with Crippen LogP contribution in [0, 0.1) is 5.82 Å². The highest BCUT2D eigenvalue weighted by Crippen LogP contribution is 2.22. The Hall–Kier alpha value is -3.29. The van der Waals surface area contributed by atoms with E-state index in [9.17, 15) is 14.0 Å². The van der Waals surface area contributed by atoms with E-state index in [0.29, 0.717) is 30.4 Å². The first-order chi connectivity index (χ1) is 13.6. The van der Waals surface area contributed by atoms with Gasteiger partial charge in [-0.3, -0.25) is 9.59 Å². The fraction of sp³-hybridized carbons (Fsp3) is 0.300. The Labute approximate surface area is 159 Å². The number of carbonyl (C=O) groups excluding carboxylic acids is 1. The third-order valence-electron chi connectivity index (χ3n) is 4.72. The summed E-state index contributed by atoms with van der Waals surface area (Å²) in [7, 11) is 0. The van der Waals surface area contributed by atoms with Crippen molar-refractivity contribution in [2.75, 3.05) is 13.1 Å². The standard InChI is InChI=1S/C20H18FN3O4/c1-2-14-18(21)19(23-11-22-14)27-12-7-8-24(10-12)20(26)17-9-15(25)13-5-3-4-6-16(13)28-17/h3-6,9,11-12H,2,7-8,10H2,1H3. The van der Waals surface area contributed by atoms with Gasteiger partial charge in [0.2, 0.25) is 5.82 Å². The highest BCUT2D eigenvalue weighted by Gasteiger charge is 2.31. The van der Waals surface area contributed by atoms with E-state index in [4.69, 9.17) is 9.15 Å². The molecule has 0 N–H and O–H groups in total. The van der Waals surface area contributed by atoms with Crippen molar-refractivity contribution in [2.45, 2.75) is 25.9 Å². The molecule has 0 saturated carbocycles. The molecule has 0 radical (unpaired) electrons. The molecule has 1 saturated heterocycles. The van der Waals surface area contributed by atoms with Crippen LogP contribution in [0.2, 0.25) is 0 Å². The normalized spacial score (nSPS) is 16.5. The number of aromatic nitrogens is 2. The summed E-state index contributed by atoms with van der Waals surface area (Å²) in [5.74, 6) is -1.10. The lowest BCUT2D eigenvalue weighted by Gasteiger charge is -2.17. The van der Waals surface area contributed by atoms with Crippen LogP contribution < -0.4 is 10.2 Å². The van der Waals surface area contributed by atoms with Crippen LogP contribution >= 0.6 is 0 Å². The van der Waals surface area contributed by atoms with Crippen LogP contribution in [0.1, 0.15) is 29.6 Å². The molecule has 144 valence electrons. The predicted octanol–water partition coefficient (Wildman–Crippen LogP) is 2.58. The summed E-state index contributed by atoms with van der Waals surface area (Å²) in [4.78, 5) is 34.2. The Kier molecular flexibility index (Phi) is 4.77. The molecule has 1 aliphatic rings. The number of aryl methyl sites for hydroxylation is 1. The van der Waals surface area contributed by atoms with Crippen molar-refractivity contribution in [3.05, 3.63) is 64.2 Å². The molecule has 2 aromatic heterocycles. The van der Waals surface area contributed by atoms with Crippen molar-refractivity contribution in [1.82, 2.24) is 14.9 Å². The maximum atomic E-state index is 14.3. The molecule has 8 heteroatoms. The quantitative estimate of drug-likeness (QED) is 0.688. The second-order valence-corrected chi connectivity index (χ2v) is 6.54. The molecule has 0 bridgehead atoms. The Morgan fingerprint density at radius 2 is 2.18 bits per heavy atom. The van der Waals surface area contributed by atoms with E-state index in [0.717, 1.165) is 0 Å². The summed E-state index contributed by atoms with van der Waals surface area (Å²) >= 11 is 0. The summed E-state index contributed by atoms with van der Waals surface area (Å²) in [6, 6.07) is 7.97. The minimum absolute atomic E-state index is 0.0224. The van der Waals surface area contributed by atoms with Crippen molar-refractivity contribution in [1.29, 1.82) is 0 Å². The number of nitrogens with zero attached hydrogens (tertiary/aromatic N) is 3. The molecule has 1 aliphatic heterocycles. The number of amides is 1. The summed E-state index contributed by atoms with van der Waals surface area (Å²) in [6.07, 6.45) is 1.82. The molecule has 7 nitrogen and oxygen atoms in total. The lowest BCUT2D eigenvalue weighted by Crippen LogP contribution is -2.31. The second-order valence-electron chi connectivity index (χ2n) is 6.54. The van der Waals surface area contributed by atoms with Gasteiger partial charge in [0.25, 0.3) is 11.8 Å². The Morgan fingerprint density at radius 1 is 1.36 bits per heavy atom. The van der Waals surface area contributed by atoms with Gasteiger partial charge < -0.3 is 14.1 Å². The van der Waals surface area contributed by atoms with Crippen molar-refractivity contribution in [2.24, 2.45) is 0 Å². The molecule has 3 aromatic rings. The minimum atomic E-state index is -0.574. The molecule has 28 heavy (non-hydrogen) atoms. The van der Waals surface area contributed by atoms with Gasteiger partial charge in [-0.25, -0.2) is 4.98 Å². The summed E-state index contributed by atoms with van der Waals surface area (Å²) in [6.45, 7) is 2.45. The molecular weight excluding hydrogens is 365 g/mol. The Morgan fingerprint density at radius 3 is 3.00 bits per heavy atom. The topological polar surface area (TPSA) is 85.5 Å². The summed E-state index contributed by atoms with van der Waals surface area (Å²) in [5, 5.41) is 0.424. The molecule has 0 spiro atoms. The van der Waals surface area contributed by atoms with E-state index in [1.165, 1.54) is 17.3 Å². The van der Waals surface area contributed by atoms with Gasteiger partial charge >= 0.3 is 0 Å². The Balaban J connectivity index is 1.50. The maximum Gasteiger partial charge on any atom is 0.289 e. The maximum absolute atomic E-state index is 14.3. The van der Waals surface area contributed by atoms with Crippen LogP contribution in [0.25, 0.3) is 11.0 Å². The number of rotatable bonds is 4. The number of ether oxygens (including phenoxy) is 1. The first-order valence-corrected chi connectivity index (χ1v) is 9.05. The molecule has 3 heterocycles. The number of carbonyl (C=O) groups is 1. The average molecular weight is 383 g/mol. The number of hydrogen-bond donors (Lipinski definition) is 0. The zero-order valence-electron chi connectivity index (χ0n) is 15.2. The number of benzene rings is 1. The molecular formula is C20H18FN3O4. The van der Waals surface area contributed by atoms with Gasteiger partial charge in [-0.05, 0) is 18.6 Å². The van der Waals surface area contributed by atoms with E-state index in [-0.39, 0.29) is 29.3 Å². The van der Waals surface area contributed by atoms with Gasteiger partial charge in [0.05, 0.1) is 17.6 Å². The van der Waals surface area contributed by atoms with Crippen molar-refractivity contribution in [3.8, 4) is 5.88 Å². The molecule has 1 aromatic carbocycles. The van der Waals surface area contributed by atoms with Gasteiger partial charge in [0, 0.05) is 19.0 Å². The van der Waals surface area contributed by atoms with Gasteiger partial charge in [-0.15, -0.1) is 0 Å². The van der Waals surface area contributed by atoms with E-state index >= 15 is 0 Å². The van der Waals surface area contributed by atoms with E-state index in [1.807, 2.05) is 0 Å². The number of halogens is 1. The van der Waals surface area contributed by atoms with E-state index in [1.54, 1.807) is 31.2 Å². The third kappa shape index (κ3) is 3.33. The molecule has 1 fully saturated rings. The van der Waals surface area contributed by atoms with Gasteiger partial charge in [-0.2, -0.15) is 9.37 Å². The monoisotopic (exact) mass is 383 g/mol. The lowest BCUT2D eigenvalue weighted by atomic mass is 10.2. The second kappa shape index (κ2) is 7.38. The molecule has 1 unspecified atom stereocenters. The van der Waals surface area contributed by atoms with E-state index < -0.39 is 17.8 Å². The molecule has 0 aliphatic carbocycles. The smallest absolute Gasteiger partial charge is 0.289 e. The van der Waals surface area contributed by atoms with Crippen molar-refractivity contribution >= 4 is 16.9 Å². The highest BCUT2D eigenvalue weighted by molar-refractivity contribution is 5.93. The third-order valence-corrected chi connectivity index (χ3v) is 4.72. The number of hydrogen-bond acceptors (Lipinski definition) is 6. The summed E-state index contributed by atoms with van der Waals surface area (Å²) in [5.41, 5.74) is 0.377. The average Bonchev–Trinajstić information content (AvgIpc) is 3.17. The predicted molar refractivity (Wildman–Crippen MR) is 98.8 cm³/mol. The summed E-state index contributed by atoms with van der Waals surface area (Å²) < 4.78 is 25.5. The van der Waals surface area contributed by atoms with E-state index in [2.05, 4.69) is 9.97 Å². The lowest BCUT2D eigenvalue weighted by molar-refractivity contribution is 0.0739. The molecule has 4 rings (SSSR count). The van der Waals surface area contributed by atoms with Gasteiger partial charge in [0.1, 0.15) is 18.0 Å². The van der Waals surface area contributed by atoms with Crippen LogP contribution in [0.5, 0.6) is 5.88 Å². The van der Waals surface area contributed by atoms with Crippen molar-refractivity contribution in [3.63, 3.8) is 0 Å². The highest BCUT2D eigenvalue weighted by atomic mass is 19.1. The number of fused-ring (bicyclic) bond motifs is 1. The van der Waals surface area contributed by atoms with Gasteiger partial charge in [0.15, 0.2) is 11.2 Å². The zero-order valence-corrected chi connectivity index (χ0v) is 15.2. The Bertz CT molecular complexity index is 1100. The fourth-order valence-electron chi connectivity index (χ4n) is 3.25. The number of para-hydroxylation sites is 1. The minimum Gasteiger partial charge on any atom is -0.470 e. The van der Waals surface area contributed by atoms with Crippen molar-refractivity contribution < 1.29 is 18.3 Å². The zero-order chi connectivity index (χ0) is 19.7. The van der Waals surface area contributed by atoms with Crippen LogP contribution in [0.4, 0.5) is 4.39 Å². The first kappa shape index (κ1) is 18.1. The van der Waals surface area contributed by atoms with Crippen LogP contribution in [-0.4, -0.2) is 40.0 Å². The fourth-order valence-corrected chi connectivity index (χ4v) is 3.25.